The van der Waals surface area contributed by atoms with Crippen molar-refractivity contribution in [2.45, 2.75) is 32.3 Å². The quantitative estimate of drug-likeness (QED) is 0.664. The Kier molecular flexibility index (Phi) is 5.34. The highest BCUT2D eigenvalue weighted by Gasteiger charge is 2.27. The molecule has 0 spiro atoms. The van der Waals surface area contributed by atoms with Gasteiger partial charge in [-0.05, 0) is 24.0 Å². The zero-order valence-electron chi connectivity index (χ0n) is 12.6. The van der Waals surface area contributed by atoms with E-state index in [1.807, 2.05) is 36.4 Å². The van der Waals surface area contributed by atoms with Crippen molar-refractivity contribution in [1.29, 1.82) is 0 Å². The van der Waals surface area contributed by atoms with Crippen LogP contribution >= 0.6 is 0 Å². The minimum absolute atomic E-state index is 0.162. The van der Waals surface area contributed by atoms with E-state index in [-0.39, 0.29) is 11.9 Å². The van der Waals surface area contributed by atoms with Gasteiger partial charge in [0.2, 0.25) is 0 Å². The molecular formula is C18H22O3. The topological polar surface area (TPSA) is 46.5 Å². The van der Waals surface area contributed by atoms with E-state index in [1.165, 1.54) is 13.2 Å². The third-order valence-electron chi connectivity index (χ3n) is 3.89. The van der Waals surface area contributed by atoms with Gasteiger partial charge in [0, 0.05) is 12.0 Å². The summed E-state index contributed by atoms with van der Waals surface area (Å²) in [6.07, 6.45) is 7.74. The monoisotopic (exact) mass is 286 g/mol. The SMILES string of the molecule is CCCC/C(=C\C(=O)OC)[C@H]1C=Cc2ccccc2[C@H]1O. The Morgan fingerprint density at radius 2 is 2.14 bits per heavy atom. The van der Waals surface area contributed by atoms with Crippen LogP contribution in [0.5, 0.6) is 0 Å². The number of hydrogen-bond acceptors (Lipinski definition) is 3. The lowest BCUT2D eigenvalue weighted by Gasteiger charge is -2.28. The zero-order valence-corrected chi connectivity index (χ0v) is 12.6. The largest absolute Gasteiger partial charge is 0.466 e. The second-order valence-electron chi connectivity index (χ2n) is 5.30. The molecule has 21 heavy (non-hydrogen) atoms. The Balaban J connectivity index is 2.29. The molecule has 112 valence electrons. The number of ether oxygens (including phenoxy) is 1. The van der Waals surface area contributed by atoms with Gasteiger partial charge >= 0.3 is 5.97 Å². The highest BCUT2D eigenvalue weighted by molar-refractivity contribution is 5.83. The second kappa shape index (κ2) is 7.23. The maximum absolute atomic E-state index is 11.6. The van der Waals surface area contributed by atoms with Crippen LogP contribution in [0.25, 0.3) is 6.08 Å². The van der Waals surface area contributed by atoms with Crippen LogP contribution in [-0.4, -0.2) is 18.2 Å². The lowest BCUT2D eigenvalue weighted by Crippen LogP contribution is -2.18. The first kappa shape index (κ1) is 15.5. The van der Waals surface area contributed by atoms with Crippen molar-refractivity contribution in [1.82, 2.24) is 0 Å². The van der Waals surface area contributed by atoms with Gasteiger partial charge in [0.05, 0.1) is 13.2 Å². The van der Waals surface area contributed by atoms with Crippen LogP contribution in [0.4, 0.5) is 0 Å². The molecule has 3 nitrogen and oxygen atoms in total. The number of carbonyl (C=O) groups excluding carboxylic acids is 1. The van der Waals surface area contributed by atoms with Crippen molar-refractivity contribution >= 4 is 12.0 Å². The molecule has 2 rings (SSSR count). The lowest BCUT2D eigenvalue weighted by atomic mass is 9.80. The van der Waals surface area contributed by atoms with Gasteiger partial charge in [-0.15, -0.1) is 0 Å². The molecule has 0 saturated carbocycles. The van der Waals surface area contributed by atoms with E-state index in [4.69, 9.17) is 4.74 Å². The average molecular weight is 286 g/mol. The average Bonchev–Trinajstić information content (AvgIpc) is 2.52. The normalized spacial score (nSPS) is 21.0. The molecule has 0 amide bonds. The first-order valence-corrected chi connectivity index (χ1v) is 7.41. The van der Waals surface area contributed by atoms with E-state index in [2.05, 4.69) is 6.92 Å². The maximum Gasteiger partial charge on any atom is 0.330 e. The van der Waals surface area contributed by atoms with Crippen molar-refractivity contribution < 1.29 is 14.6 Å². The van der Waals surface area contributed by atoms with Crippen molar-refractivity contribution in [3.8, 4) is 0 Å². The fourth-order valence-corrected chi connectivity index (χ4v) is 2.69. The van der Waals surface area contributed by atoms with Gasteiger partial charge in [-0.1, -0.05) is 55.3 Å². The first-order valence-electron chi connectivity index (χ1n) is 7.41. The summed E-state index contributed by atoms with van der Waals surface area (Å²) in [5.41, 5.74) is 2.88. The second-order valence-corrected chi connectivity index (χ2v) is 5.30. The molecule has 0 radical (unpaired) electrons. The molecule has 2 atom stereocenters. The van der Waals surface area contributed by atoms with Crippen LogP contribution in [0.2, 0.25) is 0 Å². The standard InChI is InChI=1S/C18H22O3/c1-3-4-7-14(12-17(19)21-2)16-11-10-13-8-5-6-9-15(13)18(16)20/h5-6,8-12,16,18,20H,3-4,7H2,1-2H3/b14-12+/t16-,18-/m1/s1. The summed E-state index contributed by atoms with van der Waals surface area (Å²) in [5, 5.41) is 10.6. The maximum atomic E-state index is 11.6. The number of unbranched alkanes of at least 4 members (excludes halogenated alkanes) is 1. The number of methoxy groups -OCH3 is 1. The third kappa shape index (κ3) is 3.61. The minimum Gasteiger partial charge on any atom is -0.466 e. The molecular weight excluding hydrogens is 264 g/mol. The molecule has 0 aliphatic heterocycles. The molecule has 0 unspecified atom stereocenters. The summed E-state index contributed by atoms with van der Waals surface area (Å²) in [6.45, 7) is 2.11. The third-order valence-corrected chi connectivity index (χ3v) is 3.89. The molecule has 1 aliphatic carbocycles. The molecule has 0 aromatic heterocycles. The van der Waals surface area contributed by atoms with Crippen molar-refractivity contribution in [2.24, 2.45) is 5.92 Å². The van der Waals surface area contributed by atoms with Crippen LogP contribution in [-0.2, 0) is 9.53 Å². The highest BCUT2D eigenvalue weighted by atomic mass is 16.5. The summed E-state index contributed by atoms with van der Waals surface area (Å²) in [4.78, 5) is 11.6. The Bertz CT molecular complexity index is 557. The summed E-state index contributed by atoms with van der Waals surface area (Å²) < 4.78 is 4.74. The number of carbonyl (C=O) groups is 1. The predicted octanol–water partition coefficient (Wildman–Crippen LogP) is 3.65. The summed E-state index contributed by atoms with van der Waals surface area (Å²) in [5.74, 6) is -0.522. The summed E-state index contributed by atoms with van der Waals surface area (Å²) in [7, 11) is 1.37. The van der Waals surface area contributed by atoms with E-state index in [1.54, 1.807) is 0 Å². The molecule has 1 N–H and O–H groups in total. The summed E-state index contributed by atoms with van der Waals surface area (Å²) >= 11 is 0. The van der Waals surface area contributed by atoms with Gasteiger partial charge in [0.15, 0.2) is 0 Å². The van der Waals surface area contributed by atoms with Gasteiger partial charge in [0.25, 0.3) is 0 Å². The fraction of sp³-hybridized carbons (Fsp3) is 0.389. The number of benzene rings is 1. The van der Waals surface area contributed by atoms with Crippen LogP contribution in [0.15, 0.2) is 42.0 Å². The predicted molar refractivity (Wildman–Crippen MR) is 83.5 cm³/mol. The van der Waals surface area contributed by atoms with Gasteiger partial charge < -0.3 is 9.84 Å². The van der Waals surface area contributed by atoms with Gasteiger partial charge in [-0.2, -0.15) is 0 Å². The van der Waals surface area contributed by atoms with E-state index in [0.717, 1.165) is 36.0 Å². The first-order chi connectivity index (χ1) is 10.2. The van der Waals surface area contributed by atoms with Gasteiger partial charge in [-0.25, -0.2) is 4.79 Å². The number of aliphatic hydroxyl groups excluding tert-OH is 1. The molecule has 0 bridgehead atoms. The molecule has 1 aliphatic rings. The van der Waals surface area contributed by atoms with Gasteiger partial charge in [0.1, 0.15) is 0 Å². The minimum atomic E-state index is -0.612. The number of fused-ring (bicyclic) bond motifs is 1. The van der Waals surface area contributed by atoms with E-state index in [9.17, 15) is 9.90 Å². The molecule has 0 fully saturated rings. The Morgan fingerprint density at radius 1 is 1.38 bits per heavy atom. The van der Waals surface area contributed by atoms with Crippen LogP contribution in [0, 0.1) is 5.92 Å². The van der Waals surface area contributed by atoms with Crippen molar-refractivity contribution in [3.05, 3.63) is 53.1 Å². The van der Waals surface area contributed by atoms with E-state index in [0.29, 0.717) is 0 Å². The van der Waals surface area contributed by atoms with Crippen LogP contribution in [0.1, 0.15) is 43.4 Å². The van der Waals surface area contributed by atoms with Crippen molar-refractivity contribution in [3.63, 3.8) is 0 Å². The molecule has 1 aromatic rings. The summed E-state index contributed by atoms with van der Waals surface area (Å²) in [6, 6.07) is 7.81. The van der Waals surface area contributed by atoms with Crippen molar-refractivity contribution in [2.75, 3.05) is 7.11 Å². The molecule has 0 saturated heterocycles. The van der Waals surface area contributed by atoms with Crippen LogP contribution in [0.3, 0.4) is 0 Å². The number of hydrogen-bond donors (Lipinski definition) is 1. The number of aliphatic hydroxyl groups is 1. The number of esters is 1. The van der Waals surface area contributed by atoms with E-state index >= 15 is 0 Å². The smallest absolute Gasteiger partial charge is 0.330 e. The highest BCUT2D eigenvalue weighted by Crippen LogP contribution is 2.37. The Morgan fingerprint density at radius 3 is 2.86 bits per heavy atom. The Hall–Kier alpha value is -1.87. The lowest BCUT2D eigenvalue weighted by molar-refractivity contribution is -0.134. The zero-order chi connectivity index (χ0) is 15.2. The van der Waals surface area contributed by atoms with E-state index < -0.39 is 6.10 Å². The fourth-order valence-electron chi connectivity index (χ4n) is 2.69. The molecule has 1 aromatic carbocycles. The van der Waals surface area contributed by atoms with Crippen LogP contribution < -0.4 is 0 Å². The number of rotatable bonds is 5. The molecule has 0 heterocycles. The van der Waals surface area contributed by atoms with Gasteiger partial charge in [-0.3, -0.25) is 0 Å². The Labute approximate surface area is 125 Å². The molecule has 3 heteroatoms.